The van der Waals surface area contributed by atoms with Crippen molar-refractivity contribution >= 4 is 0 Å². The fourth-order valence-electron chi connectivity index (χ4n) is 2.15. The first-order valence-electron chi connectivity index (χ1n) is 6.38. The molecule has 2 heteroatoms. The van der Waals surface area contributed by atoms with Gasteiger partial charge in [0.05, 0.1) is 0 Å². The second kappa shape index (κ2) is 7.24. The van der Waals surface area contributed by atoms with Gasteiger partial charge in [0.1, 0.15) is 0 Å². The summed E-state index contributed by atoms with van der Waals surface area (Å²) in [5.74, 6) is 0. The third kappa shape index (κ3) is 3.97. The van der Waals surface area contributed by atoms with Gasteiger partial charge in [-0.3, -0.25) is 0 Å². The molecule has 14 heavy (non-hydrogen) atoms. The number of hydrazine groups is 1. The quantitative estimate of drug-likeness (QED) is 0.647. The minimum absolute atomic E-state index is 1.25. The molecule has 0 radical (unpaired) electrons. The van der Waals surface area contributed by atoms with Crippen molar-refractivity contribution in [3.8, 4) is 0 Å². The topological polar surface area (TPSA) is 6.48 Å². The SMILES string of the molecule is CCCCN(CCC)N1CCCCC1. The van der Waals surface area contributed by atoms with Crippen LogP contribution in [0.2, 0.25) is 0 Å². The summed E-state index contributed by atoms with van der Waals surface area (Å²) in [6.07, 6.45) is 8.16. The minimum atomic E-state index is 1.25. The zero-order chi connectivity index (χ0) is 10.2. The Hall–Kier alpha value is -0.0800. The van der Waals surface area contributed by atoms with Gasteiger partial charge >= 0.3 is 0 Å². The first-order valence-corrected chi connectivity index (χ1v) is 6.38. The van der Waals surface area contributed by atoms with Crippen LogP contribution in [0.3, 0.4) is 0 Å². The molecular weight excluding hydrogens is 172 g/mol. The Morgan fingerprint density at radius 3 is 2.21 bits per heavy atom. The molecule has 84 valence electrons. The van der Waals surface area contributed by atoms with E-state index in [0.717, 1.165) is 0 Å². The molecule has 1 saturated heterocycles. The summed E-state index contributed by atoms with van der Waals surface area (Å²) in [4.78, 5) is 0. The van der Waals surface area contributed by atoms with Crippen LogP contribution in [0.1, 0.15) is 52.4 Å². The Kier molecular flexibility index (Phi) is 6.20. The van der Waals surface area contributed by atoms with E-state index >= 15 is 0 Å². The number of hydrogen-bond donors (Lipinski definition) is 0. The average Bonchev–Trinajstić information content (AvgIpc) is 2.25. The molecule has 1 rings (SSSR count). The smallest absolute Gasteiger partial charge is 0.0133 e. The second-order valence-electron chi connectivity index (χ2n) is 4.32. The summed E-state index contributed by atoms with van der Waals surface area (Å²) in [5, 5.41) is 5.17. The van der Waals surface area contributed by atoms with Crippen molar-refractivity contribution in [1.82, 2.24) is 10.0 Å². The molecule has 0 aromatic heterocycles. The highest BCUT2D eigenvalue weighted by Crippen LogP contribution is 2.12. The number of hydrogen-bond acceptors (Lipinski definition) is 2. The van der Waals surface area contributed by atoms with Gasteiger partial charge in [-0.05, 0) is 25.7 Å². The molecule has 0 aliphatic carbocycles. The zero-order valence-corrected chi connectivity index (χ0v) is 9.97. The standard InChI is InChI=1S/C12H26N2/c1-3-5-10-13(9-4-2)14-11-7-6-8-12-14/h3-12H2,1-2H3. The van der Waals surface area contributed by atoms with Gasteiger partial charge in [-0.15, -0.1) is 0 Å². The highest BCUT2D eigenvalue weighted by Gasteiger charge is 2.16. The minimum Gasteiger partial charge on any atom is -0.242 e. The fraction of sp³-hybridized carbons (Fsp3) is 1.00. The number of nitrogens with zero attached hydrogens (tertiary/aromatic N) is 2. The molecule has 1 aliphatic rings. The van der Waals surface area contributed by atoms with E-state index in [1.807, 2.05) is 0 Å². The molecule has 1 fully saturated rings. The molecule has 0 aromatic rings. The molecule has 1 heterocycles. The monoisotopic (exact) mass is 198 g/mol. The van der Waals surface area contributed by atoms with Crippen LogP contribution in [0.5, 0.6) is 0 Å². The van der Waals surface area contributed by atoms with Gasteiger partial charge in [0, 0.05) is 26.2 Å². The van der Waals surface area contributed by atoms with Gasteiger partial charge in [-0.1, -0.05) is 26.7 Å². The van der Waals surface area contributed by atoms with Crippen LogP contribution < -0.4 is 0 Å². The van der Waals surface area contributed by atoms with E-state index < -0.39 is 0 Å². The van der Waals surface area contributed by atoms with Crippen LogP contribution in [-0.4, -0.2) is 36.2 Å². The van der Waals surface area contributed by atoms with Crippen LogP contribution in [0.15, 0.2) is 0 Å². The predicted octanol–water partition coefficient (Wildman–Crippen LogP) is 2.90. The average molecular weight is 198 g/mol. The van der Waals surface area contributed by atoms with E-state index in [1.165, 1.54) is 64.7 Å². The van der Waals surface area contributed by atoms with E-state index in [9.17, 15) is 0 Å². The summed E-state index contributed by atoms with van der Waals surface area (Å²) in [5.41, 5.74) is 0. The number of piperidine rings is 1. The first kappa shape index (κ1) is 12.0. The molecule has 2 nitrogen and oxygen atoms in total. The Bertz CT molecular complexity index is 130. The van der Waals surface area contributed by atoms with E-state index in [-0.39, 0.29) is 0 Å². The van der Waals surface area contributed by atoms with Crippen molar-refractivity contribution in [1.29, 1.82) is 0 Å². The Balaban J connectivity index is 2.30. The maximum Gasteiger partial charge on any atom is 0.0133 e. The van der Waals surface area contributed by atoms with Crippen molar-refractivity contribution in [2.45, 2.75) is 52.4 Å². The van der Waals surface area contributed by atoms with Crippen molar-refractivity contribution < 1.29 is 0 Å². The summed E-state index contributed by atoms with van der Waals surface area (Å²) in [6.45, 7) is 9.67. The summed E-state index contributed by atoms with van der Waals surface area (Å²) in [6, 6.07) is 0. The van der Waals surface area contributed by atoms with Crippen molar-refractivity contribution in [2.75, 3.05) is 26.2 Å². The lowest BCUT2D eigenvalue weighted by atomic mass is 10.1. The molecule has 0 N–H and O–H groups in total. The summed E-state index contributed by atoms with van der Waals surface area (Å²) in [7, 11) is 0. The molecule has 0 bridgehead atoms. The van der Waals surface area contributed by atoms with E-state index in [0.29, 0.717) is 0 Å². The van der Waals surface area contributed by atoms with Gasteiger partial charge in [-0.25, -0.2) is 10.0 Å². The van der Waals surface area contributed by atoms with Crippen LogP contribution >= 0.6 is 0 Å². The van der Waals surface area contributed by atoms with Gasteiger partial charge in [-0.2, -0.15) is 0 Å². The van der Waals surface area contributed by atoms with E-state index in [2.05, 4.69) is 23.9 Å². The van der Waals surface area contributed by atoms with Crippen LogP contribution in [-0.2, 0) is 0 Å². The molecule has 0 unspecified atom stereocenters. The fourth-order valence-corrected chi connectivity index (χ4v) is 2.15. The molecule has 0 amide bonds. The molecule has 1 aliphatic heterocycles. The lowest BCUT2D eigenvalue weighted by molar-refractivity contribution is -0.0401. The molecule has 0 spiro atoms. The first-order chi connectivity index (χ1) is 6.88. The Morgan fingerprint density at radius 1 is 0.929 bits per heavy atom. The Labute approximate surface area is 89.2 Å². The van der Waals surface area contributed by atoms with Crippen LogP contribution in [0.25, 0.3) is 0 Å². The maximum atomic E-state index is 2.59. The van der Waals surface area contributed by atoms with Crippen LogP contribution in [0, 0.1) is 0 Å². The van der Waals surface area contributed by atoms with E-state index in [4.69, 9.17) is 0 Å². The van der Waals surface area contributed by atoms with Crippen molar-refractivity contribution in [3.63, 3.8) is 0 Å². The zero-order valence-electron chi connectivity index (χ0n) is 9.97. The van der Waals surface area contributed by atoms with E-state index in [1.54, 1.807) is 0 Å². The van der Waals surface area contributed by atoms with Crippen LogP contribution in [0.4, 0.5) is 0 Å². The number of unbranched alkanes of at least 4 members (excludes halogenated alkanes) is 1. The van der Waals surface area contributed by atoms with Gasteiger partial charge in [0.15, 0.2) is 0 Å². The highest BCUT2D eigenvalue weighted by atomic mass is 15.6. The predicted molar refractivity (Wildman–Crippen MR) is 62.2 cm³/mol. The molecule has 0 aromatic carbocycles. The van der Waals surface area contributed by atoms with Gasteiger partial charge in [0.25, 0.3) is 0 Å². The lowest BCUT2D eigenvalue weighted by Gasteiger charge is -2.37. The van der Waals surface area contributed by atoms with Gasteiger partial charge < -0.3 is 0 Å². The normalized spacial score (nSPS) is 19.1. The third-order valence-corrected chi connectivity index (χ3v) is 2.98. The largest absolute Gasteiger partial charge is 0.242 e. The van der Waals surface area contributed by atoms with Crippen molar-refractivity contribution in [2.24, 2.45) is 0 Å². The third-order valence-electron chi connectivity index (χ3n) is 2.98. The van der Waals surface area contributed by atoms with Crippen molar-refractivity contribution in [3.05, 3.63) is 0 Å². The molecule has 0 saturated carbocycles. The summed E-state index contributed by atoms with van der Waals surface area (Å²) >= 11 is 0. The molecule has 0 atom stereocenters. The maximum absolute atomic E-state index is 2.59. The highest BCUT2D eigenvalue weighted by molar-refractivity contribution is 4.64. The second-order valence-corrected chi connectivity index (χ2v) is 4.32. The van der Waals surface area contributed by atoms with Gasteiger partial charge in [0.2, 0.25) is 0 Å². The molecular formula is C12H26N2. The Morgan fingerprint density at radius 2 is 1.64 bits per heavy atom. The number of rotatable bonds is 6. The summed E-state index contributed by atoms with van der Waals surface area (Å²) < 4.78 is 0. The lowest BCUT2D eigenvalue weighted by Crippen LogP contribution is -2.46.